The number of aliphatic imine (C=N–C) groups is 1. The molecule has 7 heteroatoms. The molecule has 1 aromatic rings. The van der Waals surface area contributed by atoms with Crippen molar-refractivity contribution in [2.24, 2.45) is 10.9 Å². The molecule has 1 aliphatic rings. The summed E-state index contributed by atoms with van der Waals surface area (Å²) in [7, 11) is 3.97. The van der Waals surface area contributed by atoms with Gasteiger partial charge in [-0.3, -0.25) is 14.7 Å². The van der Waals surface area contributed by atoms with Crippen LogP contribution >= 0.6 is 24.0 Å². The van der Waals surface area contributed by atoms with E-state index in [4.69, 9.17) is 0 Å². The first-order valence-corrected chi connectivity index (χ1v) is 11.5. The van der Waals surface area contributed by atoms with Gasteiger partial charge >= 0.3 is 0 Å². The van der Waals surface area contributed by atoms with Crippen LogP contribution in [-0.2, 0) is 11.3 Å². The van der Waals surface area contributed by atoms with Crippen LogP contribution in [-0.4, -0.2) is 67.5 Å². The number of carbonyl (C=O) groups is 1. The molecule has 1 amide bonds. The Morgan fingerprint density at radius 2 is 1.81 bits per heavy atom. The van der Waals surface area contributed by atoms with Crippen LogP contribution in [0, 0.1) is 5.92 Å². The van der Waals surface area contributed by atoms with E-state index in [0.717, 1.165) is 57.8 Å². The Balaban J connectivity index is 0.00000480. The maximum atomic E-state index is 12.6. The summed E-state index contributed by atoms with van der Waals surface area (Å²) < 4.78 is 0. The van der Waals surface area contributed by atoms with Gasteiger partial charge in [0.2, 0.25) is 5.91 Å². The molecule has 1 fully saturated rings. The van der Waals surface area contributed by atoms with Crippen molar-refractivity contribution in [1.82, 2.24) is 20.4 Å². The molecule has 0 aliphatic carbocycles. The number of likely N-dealkylation sites (N-methyl/N-ethyl adjacent to an activating group) is 1. The number of piperidine rings is 1. The zero-order chi connectivity index (χ0) is 21.9. The molecular formula is C24H42IN5O. The number of carbonyl (C=O) groups excluding carboxylic acids is 1. The van der Waals surface area contributed by atoms with Crippen molar-refractivity contribution in [2.75, 3.05) is 33.7 Å². The molecule has 1 unspecified atom stereocenters. The topological polar surface area (TPSA) is 60.0 Å². The lowest BCUT2D eigenvalue weighted by atomic mass is 9.98. The van der Waals surface area contributed by atoms with Gasteiger partial charge in [0.25, 0.3) is 0 Å². The quantitative estimate of drug-likeness (QED) is 0.283. The Bertz CT molecular complexity index is 657. The van der Waals surface area contributed by atoms with Crippen LogP contribution < -0.4 is 10.6 Å². The van der Waals surface area contributed by atoms with Gasteiger partial charge in [0.1, 0.15) is 0 Å². The Morgan fingerprint density at radius 3 is 2.35 bits per heavy atom. The summed E-state index contributed by atoms with van der Waals surface area (Å²) in [5, 5.41) is 7.02. The molecule has 6 nitrogen and oxygen atoms in total. The monoisotopic (exact) mass is 543 g/mol. The average molecular weight is 544 g/mol. The minimum atomic E-state index is 0. The van der Waals surface area contributed by atoms with Crippen LogP contribution in [0.3, 0.4) is 0 Å². The predicted octanol–water partition coefficient (Wildman–Crippen LogP) is 3.72. The fourth-order valence-corrected chi connectivity index (χ4v) is 3.96. The van der Waals surface area contributed by atoms with E-state index in [9.17, 15) is 4.79 Å². The molecular weight excluding hydrogens is 501 g/mol. The number of guanidine groups is 1. The molecule has 1 saturated heterocycles. The Morgan fingerprint density at radius 1 is 1.19 bits per heavy atom. The van der Waals surface area contributed by atoms with Crippen LogP contribution in [0.4, 0.5) is 0 Å². The Hall–Kier alpha value is -1.35. The highest BCUT2D eigenvalue weighted by molar-refractivity contribution is 14.0. The molecule has 2 rings (SSSR count). The van der Waals surface area contributed by atoms with E-state index in [1.54, 1.807) is 0 Å². The SMILES string of the molecule is CCC(CC)C(=O)N1CCC(NC(=NC)NCC(C)N(C)Cc2ccccc2)CC1.I. The number of hydrogen-bond acceptors (Lipinski definition) is 3. The summed E-state index contributed by atoms with van der Waals surface area (Å²) >= 11 is 0. The molecule has 0 bridgehead atoms. The number of nitrogens with one attached hydrogen (secondary N) is 2. The normalized spacial score (nSPS) is 16.2. The van der Waals surface area contributed by atoms with Crippen molar-refractivity contribution in [1.29, 1.82) is 0 Å². The van der Waals surface area contributed by atoms with Gasteiger partial charge in [0, 0.05) is 51.2 Å². The Kier molecular flexibility index (Phi) is 13.1. The maximum absolute atomic E-state index is 12.6. The van der Waals surface area contributed by atoms with Gasteiger partial charge in [-0.2, -0.15) is 0 Å². The summed E-state index contributed by atoms with van der Waals surface area (Å²) in [6.45, 7) is 9.86. The number of benzene rings is 1. The van der Waals surface area contributed by atoms with E-state index >= 15 is 0 Å². The lowest BCUT2D eigenvalue weighted by Gasteiger charge is -2.35. The largest absolute Gasteiger partial charge is 0.355 e. The summed E-state index contributed by atoms with van der Waals surface area (Å²) in [6.07, 6.45) is 3.80. The molecule has 1 aromatic carbocycles. The summed E-state index contributed by atoms with van der Waals surface area (Å²) in [6, 6.07) is 11.3. The third kappa shape index (κ3) is 8.96. The molecule has 1 heterocycles. The number of amides is 1. The molecule has 0 saturated carbocycles. The molecule has 0 radical (unpaired) electrons. The zero-order valence-electron chi connectivity index (χ0n) is 19.9. The van der Waals surface area contributed by atoms with Crippen molar-refractivity contribution in [3.63, 3.8) is 0 Å². The second-order valence-electron chi connectivity index (χ2n) is 8.46. The van der Waals surface area contributed by atoms with Crippen molar-refractivity contribution in [3.8, 4) is 0 Å². The molecule has 1 atom stereocenters. The lowest BCUT2D eigenvalue weighted by Crippen LogP contribution is -2.52. The Labute approximate surface area is 206 Å². The molecule has 2 N–H and O–H groups in total. The van der Waals surface area contributed by atoms with E-state index < -0.39 is 0 Å². The van der Waals surface area contributed by atoms with Crippen LogP contribution in [0.25, 0.3) is 0 Å². The lowest BCUT2D eigenvalue weighted by molar-refractivity contribution is -0.136. The van der Waals surface area contributed by atoms with E-state index in [-0.39, 0.29) is 29.9 Å². The highest BCUT2D eigenvalue weighted by Gasteiger charge is 2.26. The van der Waals surface area contributed by atoms with Crippen molar-refractivity contribution in [3.05, 3.63) is 35.9 Å². The highest BCUT2D eigenvalue weighted by Crippen LogP contribution is 2.17. The van der Waals surface area contributed by atoms with Gasteiger partial charge in [0.15, 0.2) is 5.96 Å². The van der Waals surface area contributed by atoms with Crippen molar-refractivity contribution < 1.29 is 4.79 Å². The number of likely N-dealkylation sites (tertiary alicyclic amines) is 1. The molecule has 1 aliphatic heterocycles. The third-order valence-electron chi connectivity index (χ3n) is 6.30. The molecule has 176 valence electrons. The van der Waals surface area contributed by atoms with Gasteiger partial charge < -0.3 is 15.5 Å². The molecule has 0 spiro atoms. The minimum Gasteiger partial charge on any atom is -0.355 e. The van der Waals surface area contributed by atoms with Crippen LogP contribution in [0.5, 0.6) is 0 Å². The van der Waals surface area contributed by atoms with E-state index in [1.807, 2.05) is 11.9 Å². The maximum Gasteiger partial charge on any atom is 0.225 e. The second-order valence-corrected chi connectivity index (χ2v) is 8.46. The second kappa shape index (κ2) is 14.7. The van der Waals surface area contributed by atoms with E-state index in [1.165, 1.54) is 5.56 Å². The number of hydrogen-bond donors (Lipinski definition) is 2. The molecule has 0 aromatic heterocycles. The minimum absolute atomic E-state index is 0. The fourth-order valence-electron chi connectivity index (χ4n) is 3.96. The first-order chi connectivity index (χ1) is 14.5. The number of nitrogens with zero attached hydrogens (tertiary/aromatic N) is 3. The first kappa shape index (κ1) is 27.7. The van der Waals surface area contributed by atoms with Crippen LogP contribution in [0.2, 0.25) is 0 Å². The van der Waals surface area contributed by atoms with Crippen LogP contribution in [0.1, 0.15) is 52.0 Å². The first-order valence-electron chi connectivity index (χ1n) is 11.5. The summed E-state index contributed by atoms with van der Waals surface area (Å²) in [4.78, 5) is 21.4. The van der Waals surface area contributed by atoms with Gasteiger partial charge in [-0.1, -0.05) is 44.2 Å². The average Bonchev–Trinajstić information content (AvgIpc) is 2.78. The third-order valence-corrected chi connectivity index (χ3v) is 6.30. The number of halogens is 1. The van der Waals surface area contributed by atoms with Gasteiger partial charge in [-0.25, -0.2) is 0 Å². The van der Waals surface area contributed by atoms with Crippen molar-refractivity contribution in [2.45, 2.75) is 65.1 Å². The summed E-state index contributed by atoms with van der Waals surface area (Å²) in [5.41, 5.74) is 1.32. The van der Waals surface area contributed by atoms with E-state index in [2.05, 4.69) is 78.7 Å². The van der Waals surface area contributed by atoms with Gasteiger partial charge in [-0.05, 0) is 45.2 Å². The number of rotatable bonds is 9. The van der Waals surface area contributed by atoms with E-state index in [0.29, 0.717) is 18.0 Å². The van der Waals surface area contributed by atoms with Gasteiger partial charge in [-0.15, -0.1) is 24.0 Å². The van der Waals surface area contributed by atoms with Crippen LogP contribution in [0.15, 0.2) is 35.3 Å². The van der Waals surface area contributed by atoms with Crippen molar-refractivity contribution >= 4 is 35.8 Å². The smallest absolute Gasteiger partial charge is 0.225 e. The predicted molar refractivity (Wildman–Crippen MR) is 141 cm³/mol. The highest BCUT2D eigenvalue weighted by atomic mass is 127. The van der Waals surface area contributed by atoms with Gasteiger partial charge in [0.05, 0.1) is 0 Å². The zero-order valence-corrected chi connectivity index (χ0v) is 22.3. The molecule has 31 heavy (non-hydrogen) atoms. The fraction of sp³-hybridized carbons (Fsp3) is 0.667. The standard InChI is InChI=1S/C24H41N5O.HI/c1-6-21(7-2)23(30)29-15-13-22(14-16-29)27-24(25-4)26-17-19(3)28(5)18-20-11-9-8-10-12-20;/h8-12,19,21-22H,6-7,13-18H2,1-5H3,(H2,25,26,27);1H. The summed E-state index contributed by atoms with van der Waals surface area (Å²) in [5.74, 6) is 1.36.